The summed E-state index contributed by atoms with van der Waals surface area (Å²) < 4.78 is 0. The molecule has 0 aliphatic rings. The molecule has 1 unspecified atom stereocenters. The largest absolute Gasteiger partial charge is 0.357 e. The maximum atomic E-state index is 4.63. The summed E-state index contributed by atoms with van der Waals surface area (Å²) in [5.41, 5.74) is 1.27. The molecule has 0 saturated carbocycles. The predicted molar refractivity (Wildman–Crippen MR) is 94.3 cm³/mol. The monoisotopic (exact) mass is 321 g/mol. The number of nitrogens with zero attached hydrogens (tertiary/aromatic N) is 1. The van der Waals surface area contributed by atoms with Crippen molar-refractivity contribution in [3.05, 3.63) is 44.8 Å². The topological polar surface area (TPSA) is 36.4 Å². The minimum absolute atomic E-state index is 0.591. The lowest BCUT2D eigenvalue weighted by Crippen LogP contribution is -2.39. The van der Waals surface area contributed by atoms with Crippen LogP contribution in [0.2, 0.25) is 0 Å². The first-order chi connectivity index (χ1) is 10.3. The fourth-order valence-corrected chi connectivity index (χ4v) is 3.54. The number of thiophene rings is 2. The second-order valence-electron chi connectivity index (χ2n) is 5.10. The van der Waals surface area contributed by atoms with Crippen molar-refractivity contribution in [1.82, 2.24) is 10.6 Å². The van der Waals surface area contributed by atoms with E-state index < -0.39 is 0 Å². The molecular formula is C16H23N3S2. The van der Waals surface area contributed by atoms with Gasteiger partial charge in [-0.2, -0.15) is 11.3 Å². The van der Waals surface area contributed by atoms with Gasteiger partial charge >= 0.3 is 0 Å². The van der Waals surface area contributed by atoms with Crippen molar-refractivity contribution >= 4 is 28.6 Å². The van der Waals surface area contributed by atoms with Gasteiger partial charge in [0.2, 0.25) is 0 Å². The second kappa shape index (κ2) is 8.85. The Morgan fingerprint density at radius 1 is 1.29 bits per heavy atom. The van der Waals surface area contributed by atoms with Gasteiger partial charge in [-0.15, -0.1) is 11.3 Å². The molecular weight excluding hydrogens is 298 g/mol. The van der Waals surface area contributed by atoms with E-state index in [-0.39, 0.29) is 0 Å². The number of hydrogen-bond acceptors (Lipinski definition) is 3. The zero-order chi connectivity index (χ0) is 14.9. The average molecular weight is 322 g/mol. The van der Waals surface area contributed by atoms with Crippen molar-refractivity contribution in [3.8, 4) is 0 Å². The van der Waals surface area contributed by atoms with E-state index >= 15 is 0 Å². The number of hydrogen-bond donors (Lipinski definition) is 2. The molecule has 5 heteroatoms. The van der Waals surface area contributed by atoms with Crippen molar-refractivity contribution in [2.75, 3.05) is 13.1 Å². The standard InChI is InChI=1S/C16H23N3S2/c1-3-17-16(19-11-14-6-8-20-12-14)18-10-13(2)9-15-5-4-7-21-15/h4-8,12-13H,3,9-11H2,1-2H3,(H2,17,18,19). The summed E-state index contributed by atoms with van der Waals surface area (Å²) in [5, 5.41) is 13.1. The van der Waals surface area contributed by atoms with Gasteiger partial charge in [0.1, 0.15) is 0 Å². The minimum atomic E-state index is 0.591. The van der Waals surface area contributed by atoms with E-state index in [1.165, 1.54) is 10.4 Å². The van der Waals surface area contributed by atoms with Crippen LogP contribution in [-0.4, -0.2) is 19.0 Å². The number of aliphatic imine (C=N–C) groups is 1. The van der Waals surface area contributed by atoms with Crippen LogP contribution in [0, 0.1) is 5.92 Å². The molecule has 0 aliphatic heterocycles. The van der Waals surface area contributed by atoms with Gasteiger partial charge in [-0.25, -0.2) is 4.99 Å². The third-order valence-corrected chi connectivity index (χ3v) is 4.72. The average Bonchev–Trinajstić information content (AvgIpc) is 3.15. The molecule has 3 nitrogen and oxygen atoms in total. The van der Waals surface area contributed by atoms with Gasteiger partial charge in [0.15, 0.2) is 5.96 Å². The molecule has 2 aromatic heterocycles. The Kier molecular flexibility index (Phi) is 6.76. The third-order valence-electron chi connectivity index (χ3n) is 3.09. The van der Waals surface area contributed by atoms with Crippen LogP contribution in [0.3, 0.4) is 0 Å². The maximum absolute atomic E-state index is 4.63. The fraction of sp³-hybridized carbons (Fsp3) is 0.438. The van der Waals surface area contributed by atoms with Crippen LogP contribution in [0.4, 0.5) is 0 Å². The molecule has 0 amide bonds. The van der Waals surface area contributed by atoms with E-state index in [1.54, 1.807) is 11.3 Å². The number of nitrogens with one attached hydrogen (secondary N) is 2. The molecule has 0 aromatic carbocycles. The highest BCUT2D eigenvalue weighted by Gasteiger charge is 2.06. The van der Waals surface area contributed by atoms with Crippen molar-refractivity contribution in [2.45, 2.75) is 26.8 Å². The van der Waals surface area contributed by atoms with Crippen LogP contribution >= 0.6 is 22.7 Å². The van der Waals surface area contributed by atoms with Gasteiger partial charge in [-0.1, -0.05) is 13.0 Å². The smallest absolute Gasteiger partial charge is 0.191 e. The van der Waals surface area contributed by atoms with Crippen LogP contribution in [0.15, 0.2) is 39.3 Å². The Labute approximate surface area is 135 Å². The van der Waals surface area contributed by atoms with E-state index in [1.807, 2.05) is 11.3 Å². The molecule has 2 N–H and O–H groups in total. The highest BCUT2D eigenvalue weighted by atomic mass is 32.1. The van der Waals surface area contributed by atoms with Gasteiger partial charge in [0, 0.05) is 18.0 Å². The summed E-state index contributed by atoms with van der Waals surface area (Å²) in [4.78, 5) is 6.08. The summed E-state index contributed by atoms with van der Waals surface area (Å²) >= 11 is 3.55. The lowest BCUT2D eigenvalue weighted by molar-refractivity contribution is 0.562. The Bertz CT molecular complexity index is 518. The van der Waals surface area contributed by atoms with Gasteiger partial charge in [0.05, 0.1) is 6.54 Å². The Hall–Kier alpha value is -1.33. The van der Waals surface area contributed by atoms with Crippen LogP contribution in [0.5, 0.6) is 0 Å². The van der Waals surface area contributed by atoms with Crippen molar-refractivity contribution in [1.29, 1.82) is 0 Å². The second-order valence-corrected chi connectivity index (χ2v) is 6.91. The SMILES string of the molecule is CCNC(=NCc1ccsc1)NCC(C)Cc1cccs1. The number of rotatable bonds is 7. The van der Waals surface area contributed by atoms with Gasteiger partial charge in [-0.05, 0) is 53.1 Å². The first kappa shape index (κ1) is 16.0. The molecule has 2 heterocycles. The summed E-state index contributed by atoms with van der Waals surface area (Å²) in [6.07, 6.45) is 1.12. The zero-order valence-corrected chi connectivity index (χ0v) is 14.3. The molecule has 1 atom stereocenters. The Morgan fingerprint density at radius 3 is 2.86 bits per heavy atom. The fourth-order valence-electron chi connectivity index (χ4n) is 2.01. The lowest BCUT2D eigenvalue weighted by atomic mass is 10.1. The highest BCUT2D eigenvalue weighted by molar-refractivity contribution is 7.09. The van der Waals surface area contributed by atoms with E-state index in [0.29, 0.717) is 5.92 Å². The maximum Gasteiger partial charge on any atom is 0.191 e. The zero-order valence-electron chi connectivity index (χ0n) is 12.6. The van der Waals surface area contributed by atoms with Gasteiger partial charge in [-0.3, -0.25) is 0 Å². The molecule has 0 saturated heterocycles. The molecule has 2 aromatic rings. The van der Waals surface area contributed by atoms with Crippen molar-refractivity contribution < 1.29 is 0 Å². The van der Waals surface area contributed by atoms with Gasteiger partial charge < -0.3 is 10.6 Å². The molecule has 0 bridgehead atoms. The number of guanidine groups is 1. The van der Waals surface area contributed by atoms with Crippen LogP contribution in [0.25, 0.3) is 0 Å². The molecule has 21 heavy (non-hydrogen) atoms. The molecule has 0 aliphatic carbocycles. The quantitative estimate of drug-likeness (QED) is 0.602. The van der Waals surface area contributed by atoms with Crippen molar-refractivity contribution in [2.24, 2.45) is 10.9 Å². The van der Waals surface area contributed by atoms with Gasteiger partial charge in [0.25, 0.3) is 0 Å². The first-order valence-corrected chi connectivity index (χ1v) is 9.15. The molecule has 114 valence electrons. The Balaban J connectivity index is 1.80. The highest BCUT2D eigenvalue weighted by Crippen LogP contribution is 2.13. The Morgan fingerprint density at radius 2 is 2.19 bits per heavy atom. The van der Waals surface area contributed by atoms with E-state index in [4.69, 9.17) is 0 Å². The molecule has 2 rings (SSSR count). The summed E-state index contributed by atoms with van der Waals surface area (Å²) in [5.74, 6) is 1.50. The summed E-state index contributed by atoms with van der Waals surface area (Å²) in [6.45, 7) is 6.92. The van der Waals surface area contributed by atoms with Crippen LogP contribution in [0.1, 0.15) is 24.3 Å². The minimum Gasteiger partial charge on any atom is -0.357 e. The van der Waals surface area contributed by atoms with E-state index in [9.17, 15) is 0 Å². The summed E-state index contributed by atoms with van der Waals surface area (Å²) in [7, 11) is 0. The normalized spacial score (nSPS) is 13.1. The lowest BCUT2D eigenvalue weighted by Gasteiger charge is -2.15. The van der Waals surface area contributed by atoms with Crippen molar-refractivity contribution in [3.63, 3.8) is 0 Å². The van der Waals surface area contributed by atoms with E-state index in [0.717, 1.165) is 32.0 Å². The molecule has 0 fully saturated rings. The third kappa shape index (κ3) is 5.89. The predicted octanol–water partition coefficient (Wildman–Crippen LogP) is 3.74. The van der Waals surface area contributed by atoms with E-state index in [2.05, 4.69) is 63.8 Å². The van der Waals surface area contributed by atoms with Crippen LogP contribution in [-0.2, 0) is 13.0 Å². The first-order valence-electron chi connectivity index (χ1n) is 7.33. The molecule has 0 radical (unpaired) electrons. The summed E-state index contributed by atoms with van der Waals surface area (Å²) in [6, 6.07) is 6.45. The molecule has 0 spiro atoms. The van der Waals surface area contributed by atoms with Crippen LogP contribution < -0.4 is 10.6 Å².